The molecule has 0 spiro atoms. The quantitative estimate of drug-likeness (QED) is 0.758. The van der Waals surface area contributed by atoms with Crippen LogP contribution in [0.4, 0.5) is 0 Å². The van der Waals surface area contributed by atoms with Gasteiger partial charge in [0.15, 0.2) is 0 Å². The molecule has 6 heteroatoms. The molecule has 1 aromatic rings. The first-order chi connectivity index (χ1) is 8.88. The van der Waals surface area contributed by atoms with Crippen molar-refractivity contribution in [1.29, 1.82) is 0 Å². The summed E-state index contributed by atoms with van der Waals surface area (Å²) in [5.41, 5.74) is 1.40. The van der Waals surface area contributed by atoms with Crippen LogP contribution in [-0.2, 0) is 22.1 Å². The van der Waals surface area contributed by atoms with Gasteiger partial charge in [-0.05, 0) is 26.3 Å². The molecule has 0 fully saturated rings. The highest BCUT2D eigenvalue weighted by Gasteiger charge is 2.17. The third-order valence-electron chi connectivity index (χ3n) is 2.85. The Kier molecular flexibility index (Phi) is 5.47. The van der Waals surface area contributed by atoms with E-state index in [9.17, 15) is 13.8 Å². The van der Waals surface area contributed by atoms with Crippen molar-refractivity contribution in [2.24, 2.45) is 0 Å². The highest BCUT2D eigenvalue weighted by atomic mass is 32.2. The number of carbonyl (C=O) groups excluding carboxylic acids is 1. The number of rotatable bonds is 5. The van der Waals surface area contributed by atoms with Crippen LogP contribution in [0.2, 0.25) is 0 Å². The highest BCUT2D eigenvalue weighted by molar-refractivity contribution is 7.84. The minimum absolute atomic E-state index is 0.187. The number of nitrogens with zero attached hydrogens (tertiary/aromatic N) is 1. The van der Waals surface area contributed by atoms with E-state index in [4.69, 9.17) is 4.74 Å². The van der Waals surface area contributed by atoms with Crippen LogP contribution in [0, 0.1) is 13.8 Å². The summed E-state index contributed by atoms with van der Waals surface area (Å²) in [6, 6.07) is 1.41. The summed E-state index contributed by atoms with van der Waals surface area (Å²) in [6.07, 6.45) is 1.58. The van der Waals surface area contributed by atoms with Gasteiger partial charge in [0.05, 0.1) is 12.2 Å². The molecular formula is C13H19NO4S. The number of aromatic nitrogens is 1. The molecule has 0 radical (unpaired) electrons. The van der Waals surface area contributed by atoms with E-state index in [0.29, 0.717) is 29.1 Å². The number of esters is 1. The van der Waals surface area contributed by atoms with Gasteiger partial charge in [-0.1, -0.05) is 0 Å². The van der Waals surface area contributed by atoms with Crippen LogP contribution < -0.4 is 5.56 Å². The smallest absolute Gasteiger partial charge is 0.340 e. The number of hydrogen-bond acceptors (Lipinski definition) is 4. The molecule has 0 bridgehead atoms. The average molecular weight is 285 g/mol. The van der Waals surface area contributed by atoms with Gasteiger partial charge in [0.1, 0.15) is 0 Å². The first kappa shape index (κ1) is 15.6. The van der Waals surface area contributed by atoms with Crippen LogP contribution >= 0.6 is 0 Å². The zero-order valence-corrected chi connectivity index (χ0v) is 12.5. The molecular weight excluding hydrogens is 266 g/mol. The van der Waals surface area contributed by atoms with E-state index in [2.05, 4.69) is 0 Å². The largest absolute Gasteiger partial charge is 0.462 e. The maximum absolute atomic E-state index is 11.9. The lowest BCUT2D eigenvalue weighted by Crippen LogP contribution is -2.28. The molecule has 1 atom stereocenters. The van der Waals surface area contributed by atoms with E-state index < -0.39 is 16.8 Å². The van der Waals surface area contributed by atoms with Crippen LogP contribution in [0.5, 0.6) is 0 Å². The van der Waals surface area contributed by atoms with E-state index in [1.807, 2.05) is 0 Å². The Bertz CT molecular complexity index is 562. The Labute approximate surface area is 115 Å². The van der Waals surface area contributed by atoms with E-state index >= 15 is 0 Å². The number of aryl methyl sites for hydroxylation is 1. The van der Waals surface area contributed by atoms with Crippen molar-refractivity contribution in [3.63, 3.8) is 0 Å². The molecule has 0 aromatic carbocycles. The molecule has 106 valence electrons. The van der Waals surface area contributed by atoms with Crippen LogP contribution in [0.1, 0.15) is 28.5 Å². The van der Waals surface area contributed by atoms with Crippen molar-refractivity contribution >= 4 is 16.8 Å². The maximum atomic E-state index is 11.9. The summed E-state index contributed by atoms with van der Waals surface area (Å²) in [6.45, 7) is 5.78. The Morgan fingerprint density at radius 2 is 2.05 bits per heavy atom. The molecule has 1 rings (SSSR count). The summed E-state index contributed by atoms with van der Waals surface area (Å²) >= 11 is 0. The zero-order valence-electron chi connectivity index (χ0n) is 11.7. The lowest BCUT2D eigenvalue weighted by molar-refractivity contribution is 0.0523. The molecule has 1 unspecified atom stereocenters. The van der Waals surface area contributed by atoms with Crippen molar-refractivity contribution in [2.45, 2.75) is 27.3 Å². The Hall–Kier alpha value is -1.43. The third kappa shape index (κ3) is 3.76. The van der Waals surface area contributed by atoms with Crippen molar-refractivity contribution in [2.75, 3.05) is 18.6 Å². The number of carbonyl (C=O) groups is 1. The summed E-state index contributed by atoms with van der Waals surface area (Å²) < 4.78 is 17.6. The van der Waals surface area contributed by atoms with Crippen LogP contribution in [-0.4, -0.2) is 33.4 Å². The van der Waals surface area contributed by atoms with Crippen LogP contribution in [0.15, 0.2) is 10.9 Å². The molecule has 0 saturated carbocycles. The number of hydrogen-bond donors (Lipinski definition) is 0. The summed E-state index contributed by atoms with van der Waals surface area (Å²) in [7, 11) is -0.985. The molecule has 0 aliphatic heterocycles. The molecule has 0 N–H and O–H groups in total. The summed E-state index contributed by atoms with van der Waals surface area (Å²) in [5, 5.41) is 0. The van der Waals surface area contributed by atoms with E-state index in [0.717, 1.165) is 0 Å². The van der Waals surface area contributed by atoms with Crippen molar-refractivity contribution in [3.05, 3.63) is 33.2 Å². The van der Waals surface area contributed by atoms with Crippen molar-refractivity contribution < 1.29 is 13.7 Å². The normalized spacial score (nSPS) is 12.2. The molecule has 0 amide bonds. The minimum Gasteiger partial charge on any atom is -0.462 e. The molecule has 19 heavy (non-hydrogen) atoms. The first-order valence-electron chi connectivity index (χ1n) is 6.06. The van der Waals surface area contributed by atoms with Gasteiger partial charge in [0.2, 0.25) is 0 Å². The van der Waals surface area contributed by atoms with Gasteiger partial charge in [-0.2, -0.15) is 0 Å². The Morgan fingerprint density at radius 1 is 1.42 bits per heavy atom. The molecule has 1 heterocycles. The van der Waals surface area contributed by atoms with Crippen LogP contribution in [0.3, 0.4) is 0 Å². The summed E-state index contributed by atoms with van der Waals surface area (Å²) in [5.74, 6) is -0.0459. The zero-order chi connectivity index (χ0) is 14.6. The molecule has 0 aliphatic rings. The second-order valence-corrected chi connectivity index (χ2v) is 5.83. The Balaban J connectivity index is 3.26. The predicted octanol–water partition coefficient (Wildman–Crippen LogP) is 1.02. The second kappa shape index (κ2) is 6.65. The Morgan fingerprint density at radius 3 is 2.58 bits per heavy atom. The van der Waals surface area contributed by atoms with Gasteiger partial charge in [-0.3, -0.25) is 9.00 Å². The minimum atomic E-state index is -0.985. The SMILES string of the molecule is CCOC(=O)c1c(C)cc(=O)n(CCS(C)=O)c1C. The van der Waals surface area contributed by atoms with Crippen molar-refractivity contribution in [1.82, 2.24) is 4.57 Å². The fourth-order valence-corrected chi connectivity index (χ4v) is 2.37. The summed E-state index contributed by atoms with van der Waals surface area (Å²) in [4.78, 5) is 23.8. The van der Waals surface area contributed by atoms with Gasteiger partial charge >= 0.3 is 5.97 Å². The first-order valence-corrected chi connectivity index (χ1v) is 7.79. The van der Waals surface area contributed by atoms with E-state index in [1.165, 1.54) is 10.6 Å². The fraction of sp³-hybridized carbons (Fsp3) is 0.538. The predicted molar refractivity (Wildman–Crippen MR) is 75.1 cm³/mol. The topological polar surface area (TPSA) is 65.4 Å². The fourth-order valence-electron chi connectivity index (χ4n) is 1.93. The molecule has 1 aromatic heterocycles. The third-order valence-corrected chi connectivity index (χ3v) is 3.61. The maximum Gasteiger partial charge on any atom is 0.340 e. The van der Waals surface area contributed by atoms with Gasteiger partial charge in [-0.15, -0.1) is 0 Å². The van der Waals surface area contributed by atoms with E-state index in [1.54, 1.807) is 27.0 Å². The lowest BCUT2D eigenvalue weighted by Gasteiger charge is -2.15. The van der Waals surface area contributed by atoms with Gasteiger partial charge in [0.25, 0.3) is 5.56 Å². The lowest BCUT2D eigenvalue weighted by atomic mass is 10.1. The standard InChI is InChI=1S/C13H19NO4S/c1-5-18-13(16)12-9(2)8-11(15)14(10(12)3)6-7-19(4)17/h8H,5-7H2,1-4H3. The molecule has 5 nitrogen and oxygen atoms in total. The number of ether oxygens (including phenoxy) is 1. The van der Waals surface area contributed by atoms with Gasteiger partial charge < -0.3 is 9.30 Å². The number of pyridine rings is 1. The molecule has 0 aliphatic carbocycles. The molecule has 0 saturated heterocycles. The highest BCUT2D eigenvalue weighted by Crippen LogP contribution is 2.13. The van der Waals surface area contributed by atoms with E-state index in [-0.39, 0.29) is 12.2 Å². The van der Waals surface area contributed by atoms with Gasteiger partial charge in [0, 0.05) is 41.1 Å². The second-order valence-electron chi connectivity index (χ2n) is 4.28. The van der Waals surface area contributed by atoms with Crippen LogP contribution in [0.25, 0.3) is 0 Å². The average Bonchev–Trinajstić information content (AvgIpc) is 2.27. The van der Waals surface area contributed by atoms with Gasteiger partial charge in [-0.25, -0.2) is 4.79 Å². The monoisotopic (exact) mass is 285 g/mol. The van der Waals surface area contributed by atoms with Crippen molar-refractivity contribution in [3.8, 4) is 0 Å².